The maximum absolute atomic E-state index is 11.9. The van der Waals surface area contributed by atoms with E-state index in [2.05, 4.69) is 10.6 Å². The Morgan fingerprint density at radius 3 is 2.32 bits per heavy atom. The molecule has 148 valence electrons. The van der Waals surface area contributed by atoms with Crippen LogP contribution in [0.15, 0.2) is 36.4 Å². The van der Waals surface area contributed by atoms with Crippen molar-refractivity contribution < 1.29 is 19.1 Å². The smallest absolute Gasteiger partial charge is 0.306 e. The van der Waals surface area contributed by atoms with Crippen molar-refractivity contribution in [2.75, 3.05) is 17.2 Å². The van der Waals surface area contributed by atoms with Gasteiger partial charge in [0, 0.05) is 17.1 Å². The summed E-state index contributed by atoms with van der Waals surface area (Å²) >= 11 is 11.7. The largest absolute Gasteiger partial charge is 0.456 e. The van der Waals surface area contributed by atoms with Crippen LogP contribution in [-0.2, 0) is 19.1 Å². The Balaban J connectivity index is 1.72. The van der Waals surface area contributed by atoms with Crippen molar-refractivity contribution in [1.82, 2.24) is 0 Å². The molecule has 2 N–H and O–H groups in total. The van der Waals surface area contributed by atoms with Gasteiger partial charge in [0.1, 0.15) is 0 Å². The molecule has 0 fully saturated rings. The van der Waals surface area contributed by atoms with Crippen LogP contribution in [0.5, 0.6) is 0 Å². The van der Waals surface area contributed by atoms with Gasteiger partial charge in [-0.25, -0.2) is 0 Å². The lowest BCUT2D eigenvalue weighted by Gasteiger charge is -2.09. The van der Waals surface area contributed by atoms with Gasteiger partial charge in [0.2, 0.25) is 5.91 Å². The summed E-state index contributed by atoms with van der Waals surface area (Å²) in [7, 11) is 0. The average Bonchev–Trinajstić information content (AvgIpc) is 2.63. The number of hydrogen-bond donors (Lipinski definition) is 2. The van der Waals surface area contributed by atoms with Gasteiger partial charge < -0.3 is 15.4 Å². The number of ether oxygens (including phenoxy) is 1. The van der Waals surface area contributed by atoms with E-state index in [-0.39, 0.29) is 23.8 Å². The maximum atomic E-state index is 11.9. The summed E-state index contributed by atoms with van der Waals surface area (Å²) in [5, 5.41) is 5.95. The van der Waals surface area contributed by atoms with Gasteiger partial charge in [-0.1, -0.05) is 29.3 Å². The molecule has 0 atom stereocenters. The van der Waals surface area contributed by atoms with E-state index in [4.69, 9.17) is 27.9 Å². The summed E-state index contributed by atoms with van der Waals surface area (Å²) in [5.74, 6) is -1.50. The van der Waals surface area contributed by atoms with Gasteiger partial charge in [-0.15, -0.1) is 0 Å². The quantitative estimate of drug-likeness (QED) is 0.642. The van der Waals surface area contributed by atoms with Gasteiger partial charge >= 0.3 is 5.97 Å². The number of hydrogen-bond acceptors (Lipinski definition) is 4. The van der Waals surface area contributed by atoms with Crippen molar-refractivity contribution in [1.29, 1.82) is 0 Å². The number of carbonyl (C=O) groups excluding carboxylic acids is 3. The summed E-state index contributed by atoms with van der Waals surface area (Å²) in [6.07, 6.45) is -0.179. The molecule has 0 unspecified atom stereocenters. The summed E-state index contributed by atoms with van der Waals surface area (Å²) < 4.78 is 4.87. The Morgan fingerprint density at radius 2 is 1.64 bits per heavy atom. The summed E-state index contributed by atoms with van der Waals surface area (Å²) in [4.78, 5) is 35.5. The molecular weight excluding hydrogens is 403 g/mol. The molecule has 2 aromatic carbocycles. The van der Waals surface area contributed by atoms with E-state index in [1.54, 1.807) is 18.2 Å². The Labute approximate surface area is 173 Å². The third kappa shape index (κ3) is 6.87. The molecule has 0 aliphatic carbocycles. The lowest BCUT2D eigenvalue weighted by atomic mass is 10.1. The molecular formula is C20H20Cl2N2O4. The zero-order valence-electron chi connectivity index (χ0n) is 15.5. The number of halogens is 2. The van der Waals surface area contributed by atoms with Crippen LogP contribution < -0.4 is 10.6 Å². The van der Waals surface area contributed by atoms with E-state index in [1.807, 2.05) is 26.0 Å². The van der Waals surface area contributed by atoms with Crippen molar-refractivity contribution in [2.45, 2.75) is 26.7 Å². The molecule has 2 amide bonds. The number of aryl methyl sites for hydroxylation is 2. The Morgan fingerprint density at radius 1 is 0.893 bits per heavy atom. The van der Waals surface area contributed by atoms with E-state index in [9.17, 15) is 14.4 Å². The zero-order chi connectivity index (χ0) is 20.7. The minimum absolute atomic E-state index is 0.0452. The molecule has 0 aromatic heterocycles. The van der Waals surface area contributed by atoms with Crippen LogP contribution >= 0.6 is 23.2 Å². The molecule has 6 nitrogen and oxygen atoms in total. The van der Waals surface area contributed by atoms with Crippen LogP contribution in [0.25, 0.3) is 0 Å². The Hall–Kier alpha value is -2.57. The van der Waals surface area contributed by atoms with Gasteiger partial charge in [-0.3, -0.25) is 14.4 Å². The molecule has 8 heteroatoms. The zero-order valence-corrected chi connectivity index (χ0v) is 17.0. The molecule has 0 heterocycles. The Bertz CT molecular complexity index is 900. The second-order valence-corrected chi connectivity index (χ2v) is 7.02. The molecule has 0 aliphatic rings. The van der Waals surface area contributed by atoms with E-state index in [0.29, 0.717) is 16.4 Å². The van der Waals surface area contributed by atoms with Crippen LogP contribution in [0.2, 0.25) is 10.0 Å². The number of carbonyl (C=O) groups is 3. The first-order valence-corrected chi connectivity index (χ1v) is 9.28. The Kier molecular flexibility index (Phi) is 7.84. The maximum Gasteiger partial charge on any atom is 0.306 e. The number of benzene rings is 2. The van der Waals surface area contributed by atoms with E-state index < -0.39 is 18.5 Å². The second-order valence-electron chi connectivity index (χ2n) is 6.18. The predicted octanol–water partition coefficient (Wildman–Crippen LogP) is 4.51. The first-order chi connectivity index (χ1) is 13.2. The molecule has 0 aliphatic heterocycles. The van der Waals surface area contributed by atoms with Crippen LogP contribution in [-0.4, -0.2) is 24.4 Å². The van der Waals surface area contributed by atoms with Gasteiger partial charge in [-0.2, -0.15) is 0 Å². The van der Waals surface area contributed by atoms with Crippen LogP contribution in [0.4, 0.5) is 11.4 Å². The molecule has 0 saturated carbocycles. The number of anilines is 2. The minimum atomic E-state index is -0.646. The van der Waals surface area contributed by atoms with E-state index in [0.717, 1.165) is 11.1 Å². The highest BCUT2D eigenvalue weighted by atomic mass is 35.5. The first-order valence-electron chi connectivity index (χ1n) is 8.52. The highest BCUT2D eigenvalue weighted by Crippen LogP contribution is 2.25. The van der Waals surface area contributed by atoms with Gasteiger partial charge in [0.15, 0.2) is 6.61 Å². The number of rotatable bonds is 7. The normalized spacial score (nSPS) is 10.3. The lowest BCUT2D eigenvalue weighted by Crippen LogP contribution is -2.22. The third-order valence-corrected chi connectivity index (χ3v) is 4.46. The monoisotopic (exact) mass is 422 g/mol. The first kappa shape index (κ1) is 21.7. The van der Waals surface area contributed by atoms with Crippen molar-refractivity contribution >= 4 is 52.4 Å². The van der Waals surface area contributed by atoms with Crippen molar-refractivity contribution in [3.63, 3.8) is 0 Å². The summed E-state index contributed by atoms with van der Waals surface area (Å²) in [5.41, 5.74) is 3.21. The van der Waals surface area contributed by atoms with Crippen LogP contribution in [0.3, 0.4) is 0 Å². The average molecular weight is 423 g/mol. The van der Waals surface area contributed by atoms with Gasteiger partial charge in [-0.05, 0) is 55.3 Å². The molecule has 0 radical (unpaired) electrons. The van der Waals surface area contributed by atoms with Crippen LogP contribution in [0, 0.1) is 13.8 Å². The van der Waals surface area contributed by atoms with Gasteiger partial charge in [0.05, 0.1) is 17.1 Å². The molecule has 28 heavy (non-hydrogen) atoms. The lowest BCUT2D eigenvalue weighted by molar-refractivity contribution is -0.147. The van der Waals surface area contributed by atoms with Crippen molar-refractivity contribution in [3.05, 3.63) is 57.6 Å². The highest BCUT2D eigenvalue weighted by Gasteiger charge is 2.12. The van der Waals surface area contributed by atoms with Crippen molar-refractivity contribution in [3.8, 4) is 0 Å². The highest BCUT2D eigenvalue weighted by molar-refractivity contribution is 6.36. The number of esters is 1. The SMILES string of the molecule is Cc1ccc(NC(=O)CCC(=O)OCC(=O)Nc2ccc(Cl)cc2Cl)cc1C. The van der Waals surface area contributed by atoms with Crippen LogP contribution in [0.1, 0.15) is 24.0 Å². The predicted molar refractivity (Wildman–Crippen MR) is 110 cm³/mol. The standard InChI is InChI=1S/C20H20Cl2N2O4/c1-12-3-5-15(9-13(12)2)23-18(25)7-8-20(27)28-11-19(26)24-17-6-4-14(21)10-16(17)22/h3-6,9-10H,7-8,11H2,1-2H3,(H,23,25)(H,24,26). The molecule has 2 rings (SSSR count). The molecule has 0 bridgehead atoms. The van der Waals surface area contributed by atoms with E-state index in [1.165, 1.54) is 6.07 Å². The fourth-order valence-corrected chi connectivity index (χ4v) is 2.71. The number of nitrogens with one attached hydrogen (secondary N) is 2. The third-order valence-electron chi connectivity index (χ3n) is 3.92. The van der Waals surface area contributed by atoms with E-state index >= 15 is 0 Å². The van der Waals surface area contributed by atoms with Gasteiger partial charge in [0.25, 0.3) is 5.91 Å². The minimum Gasteiger partial charge on any atom is -0.456 e. The molecule has 0 spiro atoms. The topological polar surface area (TPSA) is 84.5 Å². The second kappa shape index (κ2) is 10.1. The summed E-state index contributed by atoms with van der Waals surface area (Å²) in [6.45, 7) is 3.45. The fraction of sp³-hybridized carbons (Fsp3) is 0.250. The van der Waals surface area contributed by atoms with Crippen molar-refractivity contribution in [2.24, 2.45) is 0 Å². The summed E-state index contributed by atoms with van der Waals surface area (Å²) in [6, 6.07) is 10.2. The molecule has 0 saturated heterocycles. The molecule has 2 aromatic rings. The fourth-order valence-electron chi connectivity index (χ4n) is 2.25. The number of amides is 2.